The van der Waals surface area contributed by atoms with Crippen LogP contribution in [0.15, 0.2) is 30.3 Å². The van der Waals surface area contributed by atoms with Crippen molar-refractivity contribution in [3.05, 3.63) is 35.9 Å². The smallest absolute Gasteiger partial charge is 0.328 e. The molecular weight excluding hydrogens is 304 g/mol. The monoisotopic (exact) mass is 332 g/mol. The second kappa shape index (κ2) is 8.83. The SMILES string of the molecule is COC(=O)C(CC(C)C)NC(=O)CN(Cc1ccccc1)C1CC1. The molecule has 1 fully saturated rings. The van der Waals surface area contributed by atoms with Crippen LogP contribution in [0.25, 0.3) is 0 Å². The van der Waals surface area contributed by atoms with Gasteiger partial charge in [-0.3, -0.25) is 9.69 Å². The Bertz CT molecular complexity index is 541. The van der Waals surface area contributed by atoms with Crippen LogP contribution in [-0.4, -0.2) is 42.5 Å². The summed E-state index contributed by atoms with van der Waals surface area (Å²) in [6, 6.07) is 10.1. The topological polar surface area (TPSA) is 58.6 Å². The lowest BCUT2D eigenvalue weighted by Crippen LogP contribution is -2.46. The normalized spacial score (nSPS) is 15.4. The van der Waals surface area contributed by atoms with Crippen LogP contribution in [-0.2, 0) is 20.9 Å². The maximum Gasteiger partial charge on any atom is 0.328 e. The van der Waals surface area contributed by atoms with E-state index in [0.717, 1.165) is 19.4 Å². The van der Waals surface area contributed by atoms with Crippen LogP contribution < -0.4 is 5.32 Å². The first-order chi connectivity index (χ1) is 11.5. The number of esters is 1. The van der Waals surface area contributed by atoms with Gasteiger partial charge < -0.3 is 10.1 Å². The highest BCUT2D eigenvalue weighted by Gasteiger charge is 2.31. The molecule has 0 aromatic heterocycles. The van der Waals surface area contributed by atoms with Crippen LogP contribution in [0, 0.1) is 5.92 Å². The van der Waals surface area contributed by atoms with E-state index >= 15 is 0 Å². The summed E-state index contributed by atoms with van der Waals surface area (Å²) in [6.07, 6.45) is 2.85. The summed E-state index contributed by atoms with van der Waals surface area (Å²) in [5.74, 6) is -0.190. The van der Waals surface area contributed by atoms with Crippen molar-refractivity contribution in [2.45, 2.75) is 51.7 Å². The largest absolute Gasteiger partial charge is 0.467 e. The van der Waals surface area contributed by atoms with Gasteiger partial charge >= 0.3 is 5.97 Å². The number of rotatable bonds is 9. The molecule has 1 N–H and O–H groups in total. The van der Waals surface area contributed by atoms with E-state index in [9.17, 15) is 9.59 Å². The highest BCUT2D eigenvalue weighted by atomic mass is 16.5. The average molecular weight is 332 g/mol. The number of ether oxygens (including phenoxy) is 1. The minimum absolute atomic E-state index is 0.117. The molecule has 24 heavy (non-hydrogen) atoms. The Kier molecular flexibility index (Phi) is 6.79. The van der Waals surface area contributed by atoms with E-state index < -0.39 is 6.04 Å². The Morgan fingerprint density at radius 1 is 1.25 bits per heavy atom. The van der Waals surface area contributed by atoms with Crippen molar-refractivity contribution < 1.29 is 14.3 Å². The van der Waals surface area contributed by atoms with E-state index in [0.29, 0.717) is 24.9 Å². The van der Waals surface area contributed by atoms with E-state index in [1.54, 1.807) is 0 Å². The van der Waals surface area contributed by atoms with Crippen LogP contribution in [0.2, 0.25) is 0 Å². The minimum Gasteiger partial charge on any atom is -0.467 e. The molecule has 1 atom stereocenters. The third-order valence-corrected chi connectivity index (χ3v) is 4.17. The summed E-state index contributed by atoms with van der Waals surface area (Å²) in [5.41, 5.74) is 1.20. The third-order valence-electron chi connectivity index (χ3n) is 4.17. The fraction of sp³-hybridized carbons (Fsp3) is 0.579. The number of carbonyl (C=O) groups is 2. The van der Waals surface area contributed by atoms with Crippen molar-refractivity contribution in [1.82, 2.24) is 10.2 Å². The lowest BCUT2D eigenvalue weighted by Gasteiger charge is -2.24. The molecule has 0 saturated heterocycles. The predicted octanol–water partition coefficient (Wildman–Crippen LogP) is 2.35. The molecule has 0 spiro atoms. The van der Waals surface area contributed by atoms with Gasteiger partial charge in [0.25, 0.3) is 0 Å². The second-order valence-corrected chi connectivity index (χ2v) is 6.89. The predicted molar refractivity (Wildman–Crippen MR) is 93.3 cm³/mol. The average Bonchev–Trinajstić information content (AvgIpc) is 3.38. The summed E-state index contributed by atoms with van der Waals surface area (Å²) in [6.45, 7) is 5.11. The molecule has 1 unspecified atom stereocenters. The molecular formula is C19H28N2O3. The van der Waals surface area contributed by atoms with Gasteiger partial charge in [0.15, 0.2) is 0 Å². The second-order valence-electron chi connectivity index (χ2n) is 6.89. The number of nitrogens with zero attached hydrogens (tertiary/aromatic N) is 1. The van der Waals surface area contributed by atoms with E-state index in [-0.39, 0.29) is 11.9 Å². The summed E-state index contributed by atoms with van der Waals surface area (Å²) < 4.78 is 4.81. The minimum atomic E-state index is -0.569. The third kappa shape index (κ3) is 5.96. The molecule has 1 saturated carbocycles. The van der Waals surface area contributed by atoms with E-state index in [1.165, 1.54) is 12.7 Å². The van der Waals surface area contributed by atoms with Crippen LogP contribution in [0.5, 0.6) is 0 Å². The number of amides is 1. The zero-order valence-electron chi connectivity index (χ0n) is 14.8. The first-order valence-electron chi connectivity index (χ1n) is 8.64. The summed E-state index contributed by atoms with van der Waals surface area (Å²) in [7, 11) is 1.35. The fourth-order valence-electron chi connectivity index (χ4n) is 2.82. The Labute approximate surface area is 144 Å². The number of hydrogen-bond donors (Lipinski definition) is 1. The molecule has 5 heteroatoms. The Balaban J connectivity index is 1.93. The fourth-order valence-corrected chi connectivity index (χ4v) is 2.82. The van der Waals surface area contributed by atoms with E-state index in [1.807, 2.05) is 32.0 Å². The van der Waals surface area contributed by atoms with Gasteiger partial charge in [0.2, 0.25) is 5.91 Å². The number of benzene rings is 1. The molecule has 5 nitrogen and oxygen atoms in total. The molecule has 0 heterocycles. The number of methoxy groups -OCH3 is 1. The summed E-state index contributed by atoms with van der Waals surface area (Å²) >= 11 is 0. The molecule has 0 bridgehead atoms. The highest BCUT2D eigenvalue weighted by Crippen LogP contribution is 2.28. The van der Waals surface area contributed by atoms with Crippen molar-refractivity contribution in [1.29, 1.82) is 0 Å². The van der Waals surface area contributed by atoms with Gasteiger partial charge in [-0.15, -0.1) is 0 Å². The van der Waals surface area contributed by atoms with Gasteiger partial charge in [-0.25, -0.2) is 4.79 Å². The molecule has 132 valence electrons. The van der Waals surface area contributed by atoms with Gasteiger partial charge in [0, 0.05) is 12.6 Å². The number of hydrogen-bond acceptors (Lipinski definition) is 4. The van der Waals surface area contributed by atoms with Crippen molar-refractivity contribution >= 4 is 11.9 Å². The number of carbonyl (C=O) groups excluding carboxylic acids is 2. The van der Waals surface area contributed by atoms with Gasteiger partial charge in [0.05, 0.1) is 13.7 Å². The highest BCUT2D eigenvalue weighted by molar-refractivity contribution is 5.85. The van der Waals surface area contributed by atoms with Crippen molar-refractivity contribution in [3.8, 4) is 0 Å². The number of nitrogens with one attached hydrogen (secondary N) is 1. The summed E-state index contributed by atoms with van der Waals surface area (Å²) in [5, 5.41) is 2.84. The Morgan fingerprint density at radius 3 is 2.46 bits per heavy atom. The Morgan fingerprint density at radius 2 is 1.92 bits per heavy atom. The maximum atomic E-state index is 12.4. The van der Waals surface area contributed by atoms with Gasteiger partial charge in [0.1, 0.15) is 6.04 Å². The van der Waals surface area contributed by atoms with Gasteiger partial charge in [-0.2, -0.15) is 0 Å². The lowest BCUT2D eigenvalue weighted by atomic mass is 10.0. The first-order valence-corrected chi connectivity index (χ1v) is 8.64. The van der Waals surface area contributed by atoms with Crippen LogP contribution >= 0.6 is 0 Å². The van der Waals surface area contributed by atoms with E-state index in [4.69, 9.17) is 4.74 Å². The van der Waals surface area contributed by atoms with Crippen LogP contribution in [0.3, 0.4) is 0 Å². The van der Waals surface area contributed by atoms with Crippen molar-refractivity contribution in [3.63, 3.8) is 0 Å². The van der Waals surface area contributed by atoms with E-state index in [2.05, 4.69) is 22.3 Å². The lowest BCUT2D eigenvalue weighted by molar-refractivity contribution is -0.145. The molecule has 1 aliphatic rings. The van der Waals surface area contributed by atoms with Gasteiger partial charge in [-0.05, 0) is 30.7 Å². The van der Waals surface area contributed by atoms with Gasteiger partial charge in [-0.1, -0.05) is 44.2 Å². The molecule has 0 aliphatic heterocycles. The molecule has 2 rings (SSSR count). The summed E-state index contributed by atoms with van der Waals surface area (Å²) in [4.78, 5) is 26.5. The first kappa shape index (κ1) is 18.5. The molecule has 0 radical (unpaired) electrons. The van der Waals surface area contributed by atoms with Crippen molar-refractivity contribution in [2.24, 2.45) is 5.92 Å². The van der Waals surface area contributed by atoms with Crippen LogP contribution in [0.1, 0.15) is 38.7 Å². The maximum absolute atomic E-state index is 12.4. The zero-order valence-corrected chi connectivity index (χ0v) is 14.8. The quantitative estimate of drug-likeness (QED) is 0.705. The molecule has 1 aliphatic carbocycles. The molecule has 1 amide bonds. The molecule has 1 aromatic rings. The van der Waals surface area contributed by atoms with Crippen LogP contribution in [0.4, 0.5) is 0 Å². The Hall–Kier alpha value is -1.88. The zero-order chi connectivity index (χ0) is 17.5. The van der Waals surface area contributed by atoms with Crippen molar-refractivity contribution in [2.75, 3.05) is 13.7 Å². The standard InChI is InChI=1S/C19H28N2O3/c1-14(2)11-17(19(23)24-3)20-18(22)13-21(16-9-10-16)12-15-7-5-4-6-8-15/h4-8,14,16-17H,9-13H2,1-3H3,(H,20,22). The molecule has 1 aromatic carbocycles.